The topological polar surface area (TPSA) is 49.4 Å². The number of benzene rings is 2. The molecule has 2 aromatic carbocycles. The van der Waals surface area contributed by atoms with E-state index in [1.54, 1.807) is 30.0 Å². The molecule has 1 atom stereocenters. The molecular formula is C25H29Cl3N2O2S. The zero-order chi connectivity index (χ0) is 23.8. The third kappa shape index (κ3) is 8.10. The summed E-state index contributed by atoms with van der Waals surface area (Å²) in [5.41, 5.74) is 1.93. The Morgan fingerprint density at radius 1 is 1.00 bits per heavy atom. The molecule has 2 amide bonds. The monoisotopic (exact) mass is 526 g/mol. The molecule has 0 heterocycles. The highest BCUT2D eigenvalue weighted by Gasteiger charge is 2.28. The number of nitrogens with zero attached hydrogens (tertiary/aromatic N) is 1. The normalized spacial score (nSPS) is 15.2. The van der Waals surface area contributed by atoms with E-state index in [2.05, 4.69) is 5.32 Å². The van der Waals surface area contributed by atoms with Crippen molar-refractivity contribution in [1.82, 2.24) is 10.2 Å². The van der Waals surface area contributed by atoms with Crippen molar-refractivity contribution in [2.75, 3.05) is 5.75 Å². The average molecular weight is 528 g/mol. The molecular weight excluding hydrogens is 499 g/mol. The smallest absolute Gasteiger partial charge is 0.242 e. The van der Waals surface area contributed by atoms with E-state index in [1.807, 2.05) is 24.3 Å². The quantitative estimate of drug-likeness (QED) is 0.392. The van der Waals surface area contributed by atoms with Gasteiger partial charge in [0.25, 0.3) is 0 Å². The molecule has 0 bridgehead atoms. The van der Waals surface area contributed by atoms with Crippen LogP contribution in [0.4, 0.5) is 0 Å². The lowest BCUT2D eigenvalue weighted by molar-refractivity contribution is -0.139. The van der Waals surface area contributed by atoms with E-state index in [9.17, 15) is 9.59 Å². The Hall–Kier alpha value is -1.40. The van der Waals surface area contributed by atoms with Gasteiger partial charge in [-0.05, 0) is 55.2 Å². The van der Waals surface area contributed by atoms with Gasteiger partial charge in [0.1, 0.15) is 6.04 Å². The van der Waals surface area contributed by atoms with Gasteiger partial charge in [0, 0.05) is 23.4 Å². The average Bonchev–Trinajstić information content (AvgIpc) is 2.81. The second-order valence-corrected chi connectivity index (χ2v) is 10.6. The van der Waals surface area contributed by atoms with Crippen LogP contribution in [0.15, 0.2) is 42.5 Å². The van der Waals surface area contributed by atoms with Crippen molar-refractivity contribution in [2.45, 2.75) is 63.4 Å². The number of hydrogen-bond donors (Lipinski definition) is 1. The second kappa shape index (κ2) is 12.9. The number of carbonyl (C=O) groups excluding carboxylic acids is 2. The summed E-state index contributed by atoms with van der Waals surface area (Å²) in [6.07, 6.45) is 5.50. The van der Waals surface area contributed by atoms with Crippen LogP contribution in [0.3, 0.4) is 0 Å². The Morgan fingerprint density at radius 3 is 2.33 bits per heavy atom. The standard InChI is InChI=1S/C25H29Cl3N2O2S/c1-17(25(32)29-21-5-3-2-4-6-21)30(14-18-7-10-20(26)11-8-18)24(31)16-33-15-19-9-12-22(27)23(28)13-19/h7-13,17,21H,2-6,14-16H2,1H3,(H,29,32). The number of halogens is 3. The van der Waals surface area contributed by atoms with Gasteiger partial charge in [0.05, 0.1) is 15.8 Å². The van der Waals surface area contributed by atoms with Crippen molar-refractivity contribution in [3.63, 3.8) is 0 Å². The maximum Gasteiger partial charge on any atom is 0.242 e. The maximum absolute atomic E-state index is 13.2. The summed E-state index contributed by atoms with van der Waals surface area (Å²) in [5.74, 6) is 0.703. The number of thioether (sulfide) groups is 1. The minimum atomic E-state index is -0.569. The van der Waals surface area contributed by atoms with Crippen molar-refractivity contribution in [2.24, 2.45) is 0 Å². The number of nitrogens with one attached hydrogen (secondary N) is 1. The highest BCUT2D eigenvalue weighted by Crippen LogP contribution is 2.25. The SMILES string of the molecule is CC(C(=O)NC1CCCCC1)N(Cc1ccc(Cl)cc1)C(=O)CSCc1ccc(Cl)c(Cl)c1. The van der Waals surface area contributed by atoms with E-state index in [0.717, 1.165) is 36.8 Å². The second-order valence-electron chi connectivity index (χ2n) is 8.41. The highest BCUT2D eigenvalue weighted by atomic mass is 35.5. The first kappa shape index (κ1) is 26.2. The van der Waals surface area contributed by atoms with Crippen LogP contribution in [-0.2, 0) is 21.9 Å². The van der Waals surface area contributed by atoms with Crippen LogP contribution in [-0.4, -0.2) is 34.6 Å². The first-order chi connectivity index (χ1) is 15.8. The highest BCUT2D eigenvalue weighted by molar-refractivity contribution is 7.99. The molecule has 0 saturated heterocycles. The molecule has 178 valence electrons. The molecule has 0 spiro atoms. The maximum atomic E-state index is 13.2. The van der Waals surface area contributed by atoms with Crippen LogP contribution in [0.1, 0.15) is 50.2 Å². The van der Waals surface area contributed by atoms with E-state index >= 15 is 0 Å². The van der Waals surface area contributed by atoms with Crippen molar-refractivity contribution < 1.29 is 9.59 Å². The lowest BCUT2D eigenvalue weighted by Crippen LogP contribution is -2.50. The summed E-state index contributed by atoms with van der Waals surface area (Å²) >= 11 is 19.6. The summed E-state index contributed by atoms with van der Waals surface area (Å²) in [4.78, 5) is 27.9. The Balaban J connectivity index is 1.65. The van der Waals surface area contributed by atoms with Crippen LogP contribution >= 0.6 is 46.6 Å². The zero-order valence-corrected chi connectivity index (χ0v) is 21.7. The molecule has 2 aromatic rings. The predicted octanol–water partition coefficient (Wildman–Crippen LogP) is 6.75. The Labute approximate surface area is 215 Å². The molecule has 1 unspecified atom stereocenters. The van der Waals surface area contributed by atoms with Gasteiger partial charge < -0.3 is 10.2 Å². The minimum Gasteiger partial charge on any atom is -0.352 e. The Morgan fingerprint density at radius 2 is 1.67 bits per heavy atom. The van der Waals surface area contributed by atoms with Gasteiger partial charge in [-0.3, -0.25) is 9.59 Å². The minimum absolute atomic E-state index is 0.0821. The van der Waals surface area contributed by atoms with Crippen molar-refractivity contribution in [3.05, 3.63) is 68.7 Å². The largest absolute Gasteiger partial charge is 0.352 e. The summed E-state index contributed by atoms with van der Waals surface area (Å²) in [7, 11) is 0. The molecule has 1 aliphatic rings. The third-order valence-corrected chi connectivity index (χ3v) is 7.84. The number of rotatable bonds is 9. The fraction of sp³-hybridized carbons (Fsp3) is 0.440. The van der Waals surface area contributed by atoms with Gasteiger partial charge in [0.2, 0.25) is 11.8 Å². The van der Waals surface area contributed by atoms with E-state index < -0.39 is 6.04 Å². The summed E-state index contributed by atoms with van der Waals surface area (Å²) in [6, 6.07) is 12.5. The van der Waals surface area contributed by atoms with Crippen LogP contribution in [0.5, 0.6) is 0 Å². The molecule has 0 aliphatic heterocycles. The van der Waals surface area contributed by atoms with Gasteiger partial charge in [-0.1, -0.05) is 72.3 Å². The fourth-order valence-corrected chi connectivity index (χ4v) is 5.21. The Kier molecular flexibility index (Phi) is 10.2. The summed E-state index contributed by atoms with van der Waals surface area (Å²) < 4.78 is 0. The van der Waals surface area contributed by atoms with Crippen molar-refractivity contribution in [1.29, 1.82) is 0 Å². The predicted molar refractivity (Wildman–Crippen MR) is 139 cm³/mol. The van der Waals surface area contributed by atoms with E-state index in [-0.39, 0.29) is 23.6 Å². The van der Waals surface area contributed by atoms with Gasteiger partial charge in [0.15, 0.2) is 0 Å². The molecule has 0 aromatic heterocycles. The molecule has 1 saturated carbocycles. The number of carbonyl (C=O) groups is 2. The fourth-order valence-electron chi connectivity index (χ4n) is 3.91. The molecule has 0 radical (unpaired) electrons. The molecule has 3 rings (SSSR count). The number of amides is 2. The van der Waals surface area contributed by atoms with Gasteiger partial charge in [-0.25, -0.2) is 0 Å². The summed E-state index contributed by atoms with van der Waals surface area (Å²) in [5, 5.41) is 4.80. The van der Waals surface area contributed by atoms with E-state index in [0.29, 0.717) is 27.4 Å². The van der Waals surface area contributed by atoms with Gasteiger partial charge in [-0.15, -0.1) is 11.8 Å². The van der Waals surface area contributed by atoms with Crippen LogP contribution in [0.2, 0.25) is 15.1 Å². The van der Waals surface area contributed by atoms with Crippen LogP contribution in [0, 0.1) is 0 Å². The molecule has 8 heteroatoms. The third-order valence-electron chi connectivity index (χ3n) is 5.86. The van der Waals surface area contributed by atoms with Crippen molar-refractivity contribution in [3.8, 4) is 0 Å². The first-order valence-corrected chi connectivity index (χ1v) is 13.5. The summed E-state index contributed by atoms with van der Waals surface area (Å²) in [6.45, 7) is 2.15. The Bertz CT molecular complexity index is 949. The molecule has 1 fully saturated rings. The van der Waals surface area contributed by atoms with E-state index in [1.165, 1.54) is 18.2 Å². The zero-order valence-electron chi connectivity index (χ0n) is 18.7. The molecule has 4 nitrogen and oxygen atoms in total. The lowest BCUT2D eigenvalue weighted by Gasteiger charge is -2.31. The van der Waals surface area contributed by atoms with Crippen molar-refractivity contribution >= 4 is 58.4 Å². The van der Waals surface area contributed by atoms with Crippen LogP contribution < -0.4 is 5.32 Å². The number of hydrogen-bond acceptors (Lipinski definition) is 3. The van der Waals surface area contributed by atoms with Gasteiger partial charge >= 0.3 is 0 Å². The van der Waals surface area contributed by atoms with Crippen LogP contribution in [0.25, 0.3) is 0 Å². The lowest BCUT2D eigenvalue weighted by atomic mass is 9.95. The first-order valence-electron chi connectivity index (χ1n) is 11.2. The molecule has 1 aliphatic carbocycles. The van der Waals surface area contributed by atoms with Gasteiger partial charge in [-0.2, -0.15) is 0 Å². The molecule has 1 N–H and O–H groups in total. The molecule has 33 heavy (non-hydrogen) atoms. The van der Waals surface area contributed by atoms with E-state index in [4.69, 9.17) is 34.8 Å².